The van der Waals surface area contributed by atoms with Crippen LogP contribution in [0, 0.1) is 6.92 Å². The van der Waals surface area contributed by atoms with E-state index in [9.17, 15) is 39.2 Å². The van der Waals surface area contributed by atoms with Gasteiger partial charge in [0.05, 0.1) is 25.0 Å². The highest BCUT2D eigenvalue weighted by Gasteiger charge is 2.56. The van der Waals surface area contributed by atoms with E-state index in [1.807, 2.05) is 5.32 Å². The fraction of sp³-hybridized carbons (Fsp3) is 0.700. The number of amides is 3. The molecule has 37 heavy (non-hydrogen) atoms. The second-order valence-corrected chi connectivity index (χ2v) is 11.0. The number of aliphatic hydroxyl groups excluding tert-OH is 2. The van der Waals surface area contributed by atoms with E-state index in [0.717, 1.165) is 16.4 Å². The topological polar surface area (TPSA) is 219 Å². The summed E-state index contributed by atoms with van der Waals surface area (Å²) in [5, 5.41) is 33.5. The van der Waals surface area contributed by atoms with Crippen LogP contribution in [0.3, 0.4) is 0 Å². The first-order chi connectivity index (χ1) is 17.3. The van der Waals surface area contributed by atoms with Gasteiger partial charge in [-0.2, -0.15) is 4.98 Å². The van der Waals surface area contributed by atoms with Gasteiger partial charge >= 0.3 is 19.5 Å². The summed E-state index contributed by atoms with van der Waals surface area (Å²) in [6.45, 7) is 1.47. The number of aromatic nitrogens is 2. The van der Waals surface area contributed by atoms with E-state index < -0.39 is 87.2 Å². The van der Waals surface area contributed by atoms with Crippen molar-refractivity contribution in [2.45, 2.75) is 75.2 Å². The van der Waals surface area contributed by atoms with Gasteiger partial charge in [-0.25, -0.2) is 14.2 Å². The summed E-state index contributed by atoms with van der Waals surface area (Å²) >= 11 is 0. The maximum absolute atomic E-state index is 13.1. The molecular formula is C20H27N4O12P. The van der Waals surface area contributed by atoms with Crippen LogP contribution in [0.15, 0.2) is 11.0 Å². The molecule has 17 heteroatoms. The van der Waals surface area contributed by atoms with E-state index in [1.165, 1.54) is 6.20 Å². The summed E-state index contributed by atoms with van der Waals surface area (Å²) in [4.78, 5) is 54.0. The van der Waals surface area contributed by atoms with Gasteiger partial charge in [0.1, 0.15) is 36.8 Å². The van der Waals surface area contributed by atoms with Crippen molar-refractivity contribution in [2.75, 3.05) is 13.2 Å². The Bertz CT molecular complexity index is 1220. The van der Waals surface area contributed by atoms with Gasteiger partial charge in [-0.1, -0.05) is 0 Å². The van der Waals surface area contributed by atoms with Crippen LogP contribution in [-0.4, -0.2) is 96.1 Å². The predicted octanol–water partition coefficient (Wildman–Crippen LogP) is -1.83. The summed E-state index contributed by atoms with van der Waals surface area (Å²) in [5.41, 5.74) is -2.92. The number of ether oxygens (including phenoxy) is 2. The largest absolute Gasteiger partial charge is 0.472 e. The van der Waals surface area contributed by atoms with Crippen LogP contribution in [0.1, 0.15) is 43.3 Å². The Hall–Kier alpha value is -2.27. The summed E-state index contributed by atoms with van der Waals surface area (Å²) < 4.78 is 35.4. The van der Waals surface area contributed by atoms with Crippen molar-refractivity contribution in [3.05, 3.63) is 27.9 Å². The van der Waals surface area contributed by atoms with Gasteiger partial charge in [-0.05, 0) is 19.4 Å². The summed E-state index contributed by atoms with van der Waals surface area (Å²) in [7, 11) is -4.78. The molecule has 3 fully saturated rings. The minimum absolute atomic E-state index is 0.0652. The van der Waals surface area contributed by atoms with E-state index >= 15 is 0 Å². The SMILES string of the molecule is Cc1cn2c(=O)nc1C1N(C(=O)NC(=O)[C@@]1(C)O)C1CC(OP(=O)(O)OCC3OC2C[C@@H]3O)[C@@H](CO)O1. The smallest absolute Gasteiger partial charge is 0.394 e. The Morgan fingerprint density at radius 1 is 1.22 bits per heavy atom. The van der Waals surface area contributed by atoms with Gasteiger partial charge in [0.2, 0.25) is 0 Å². The third-order valence-corrected chi connectivity index (χ3v) is 8.03. The molecule has 0 saturated carbocycles. The van der Waals surface area contributed by atoms with Gasteiger partial charge in [0, 0.05) is 19.0 Å². The van der Waals surface area contributed by atoms with Crippen molar-refractivity contribution in [1.82, 2.24) is 19.8 Å². The number of carbonyl (C=O) groups is 2. The number of rotatable bonds is 1. The van der Waals surface area contributed by atoms with Gasteiger partial charge < -0.3 is 29.7 Å². The minimum Gasteiger partial charge on any atom is -0.394 e. The van der Waals surface area contributed by atoms with Crippen molar-refractivity contribution in [2.24, 2.45) is 0 Å². The Morgan fingerprint density at radius 3 is 2.65 bits per heavy atom. The van der Waals surface area contributed by atoms with E-state index in [4.69, 9.17) is 18.5 Å². The molecule has 16 nitrogen and oxygen atoms in total. The third kappa shape index (κ3) is 4.51. The second-order valence-electron chi connectivity index (χ2n) is 9.60. The van der Waals surface area contributed by atoms with Gasteiger partial charge in [-0.15, -0.1) is 0 Å². The number of nitrogens with one attached hydrogen (secondary N) is 1. The molecule has 0 radical (unpaired) electrons. The van der Waals surface area contributed by atoms with E-state index in [2.05, 4.69) is 4.98 Å². The van der Waals surface area contributed by atoms with E-state index in [-0.39, 0.29) is 18.5 Å². The molecule has 1 aromatic heterocycles. The molecule has 5 aliphatic heterocycles. The molecular weight excluding hydrogens is 519 g/mol. The third-order valence-electron chi connectivity index (χ3n) is 7.01. The summed E-state index contributed by atoms with van der Waals surface area (Å²) in [5.74, 6) is -1.04. The van der Waals surface area contributed by atoms with Crippen LogP contribution in [0.5, 0.6) is 0 Å². The number of imide groups is 1. The first-order valence-electron chi connectivity index (χ1n) is 11.5. The summed E-state index contributed by atoms with van der Waals surface area (Å²) in [6, 6.07) is -2.50. The molecule has 3 amide bonds. The monoisotopic (exact) mass is 546 g/mol. The number of nitrogens with zero attached hydrogens (tertiary/aromatic N) is 3. The zero-order chi connectivity index (χ0) is 26.9. The Labute approximate surface area is 209 Å². The van der Waals surface area contributed by atoms with Crippen LogP contribution in [0.25, 0.3) is 0 Å². The lowest BCUT2D eigenvalue weighted by atomic mass is 9.87. The normalized spacial score (nSPS) is 42.1. The first kappa shape index (κ1) is 26.3. The number of aliphatic hydroxyl groups is 3. The van der Waals surface area contributed by atoms with Crippen LogP contribution in [0.4, 0.5) is 4.79 Å². The fourth-order valence-corrected chi connectivity index (χ4v) is 6.07. The molecule has 9 atom stereocenters. The Morgan fingerprint density at radius 2 is 1.95 bits per heavy atom. The fourth-order valence-electron chi connectivity index (χ4n) is 5.11. The molecule has 1 aromatic rings. The van der Waals surface area contributed by atoms with Gasteiger partial charge in [-0.3, -0.25) is 28.6 Å². The zero-order valence-corrected chi connectivity index (χ0v) is 20.7. The molecule has 6 unspecified atom stereocenters. The Kier molecular flexibility index (Phi) is 6.54. The van der Waals surface area contributed by atoms with Crippen molar-refractivity contribution >= 4 is 19.8 Å². The highest BCUT2D eigenvalue weighted by Crippen LogP contribution is 2.49. The number of aryl methyl sites for hydroxylation is 1. The zero-order valence-electron chi connectivity index (χ0n) is 19.8. The predicted molar refractivity (Wildman–Crippen MR) is 118 cm³/mol. The lowest BCUT2D eigenvalue weighted by molar-refractivity contribution is -0.159. The average molecular weight is 546 g/mol. The van der Waals surface area contributed by atoms with Crippen LogP contribution in [0.2, 0.25) is 0 Å². The highest BCUT2D eigenvalue weighted by molar-refractivity contribution is 7.47. The van der Waals surface area contributed by atoms with E-state index in [0.29, 0.717) is 5.56 Å². The highest BCUT2D eigenvalue weighted by atomic mass is 31.2. The number of fused-ring (bicyclic) bond motifs is 5. The van der Waals surface area contributed by atoms with Crippen LogP contribution < -0.4 is 11.0 Å². The first-order valence-corrected chi connectivity index (χ1v) is 13.0. The van der Waals surface area contributed by atoms with Crippen molar-refractivity contribution in [1.29, 1.82) is 0 Å². The molecule has 6 heterocycles. The summed E-state index contributed by atoms with van der Waals surface area (Å²) in [6.07, 6.45) is -5.94. The lowest BCUT2D eigenvalue weighted by Crippen LogP contribution is -2.67. The minimum atomic E-state index is -4.78. The lowest BCUT2D eigenvalue weighted by Gasteiger charge is -2.45. The van der Waals surface area contributed by atoms with Crippen molar-refractivity contribution in [3.8, 4) is 0 Å². The van der Waals surface area contributed by atoms with Gasteiger partial charge in [0.25, 0.3) is 5.91 Å². The maximum Gasteiger partial charge on any atom is 0.472 e. The number of urea groups is 1. The molecule has 3 saturated heterocycles. The second kappa shape index (κ2) is 9.18. The molecule has 6 rings (SSSR count). The molecule has 0 spiro atoms. The average Bonchev–Trinajstić information content (AvgIpc) is 3.38. The number of phosphoric ester groups is 1. The number of phosphoric acid groups is 1. The quantitative estimate of drug-likeness (QED) is 0.245. The van der Waals surface area contributed by atoms with E-state index in [1.54, 1.807) is 6.92 Å². The molecule has 5 aliphatic rings. The molecule has 5 N–H and O–H groups in total. The Balaban J connectivity index is 1.66. The van der Waals surface area contributed by atoms with Crippen molar-refractivity contribution < 1.29 is 52.9 Å². The van der Waals surface area contributed by atoms with Gasteiger partial charge in [0.15, 0.2) is 5.60 Å². The molecule has 204 valence electrons. The standard InChI is InChI=1S/C20H27N4O12P/c1-8-5-23-13-3-9(26)12(35-13)7-33-37(31,32)36-10-4-14(34-11(10)6-25)24-16(15(8)21-18(23)28)20(2,30)17(27)22-19(24)29/h5,9-14,16,25-26,30H,3-4,6-7H2,1-2H3,(H,31,32)(H,22,27,29)/t9-,10?,11+,12?,13?,14?,16?,20-/m0/s1. The number of carbonyl (C=O) groups excluding carboxylic acids is 2. The number of hydrogen-bond acceptors (Lipinski definition) is 12. The molecule has 0 aromatic carbocycles. The molecule has 0 aliphatic carbocycles. The maximum atomic E-state index is 13.1. The number of hydrogen-bond donors (Lipinski definition) is 5. The van der Waals surface area contributed by atoms with Crippen molar-refractivity contribution in [3.63, 3.8) is 0 Å². The van der Waals surface area contributed by atoms with Crippen LogP contribution >= 0.6 is 7.82 Å². The molecule has 6 bridgehead atoms. The van der Waals surface area contributed by atoms with Crippen LogP contribution in [-0.2, 0) is 27.9 Å².